The van der Waals surface area contributed by atoms with Crippen LogP contribution in [0.1, 0.15) is 26.7 Å². The summed E-state index contributed by atoms with van der Waals surface area (Å²) in [6, 6.07) is 0.280. The molecule has 3 heteroatoms. The maximum absolute atomic E-state index is 5.60. The Hall–Kier alpha value is -0.150. The van der Waals surface area contributed by atoms with E-state index >= 15 is 0 Å². The molecule has 1 aliphatic rings. The lowest BCUT2D eigenvalue weighted by Gasteiger charge is -2.34. The molecule has 2 atom stereocenters. The van der Waals surface area contributed by atoms with E-state index in [0.717, 1.165) is 19.0 Å². The number of piperidine rings is 1. The van der Waals surface area contributed by atoms with Crippen LogP contribution in [0.15, 0.2) is 0 Å². The standard InChI is InChI=1S/C9H18N2S/c1-7-4-3-5-11(6-7)8(2)9(10)12/h7-8H,3-6H2,1-2H3,(H2,10,12). The molecule has 2 unspecified atom stereocenters. The third-order valence-electron chi connectivity index (χ3n) is 2.65. The summed E-state index contributed by atoms with van der Waals surface area (Å²) in [4.78, 5) is 3.01. The zero-order chi connectivity index (χ0) is 9.14. The largest absolute Gasteiger partial charge is 0.392 e. The smallest absolute Gasteiger partial charge is 0.0899 e. The Bertz CT molecular complexity index is 170. The molecule has 0 radical (unpaired) electrons. The van der Waals surface area contributed by atoms with Crippen molar-refractivity contribution in [3.63, 3.8) is 0 Å². The SMILES string of the molecule is CC1CCCN(C(C)C(N)=S)C1. The molecule has 0 aromatic rings. The highest BCUT2D eigenvalue weighted by molar-refractivity contribution is 7.80. The normalized spacial score (nSPS) is 28.3. The molecular formula is C9H18N2S. The van der Waals surface area contributed by atoms with Gasteiger partial charge >= 0.3 is 0 Å². The highest BCUT2D eigenvalue weighted by Gasteiger charge is 2.21. The Labute approximate surface area is 80.1 Å². The number of hydrogen-bond donors (Lipinski definition) is 1. The summed E-state index contributed by atoms with van der Waals surface area (Å²) >= 11 is 4.97. The maximum Gasteiger partial charge on any atom is 0.0899 e. The van der Waals surface area contributed by atoms with Crippen LogP contribution in [0.25, 0.3) is 0 Å². The van der Waals surface area contributed by atoms with E-state index in [1.54, 1.807) is 0 Å². The van der Waals surface area contributed by atoms with Crippen molar-refractivity contribution in [3.8, 4) is 0 Å². The molecule has 0 aliphatic carbocycles. The van der Waals surface area contributed by atoms with E-state index < -0.39 is 0 Å². The lowest BCUT2D eigenvalue weighted by atomic mass is 9.99. The van der Waals surface area contributed by atoms with Gasteiger partial charge in [-0.2, -0.15) is 0 Å². The van der Waals surface area contributed by atoms with E-state index in [4.69, 9.17) is 18.0 Å². The lowest BCUT2D eigenvalue weighted by molar-refractivity contribution is 0.169. The second kappa shape index (κ2) is 4.19. The molecule has 1 heterocycles. The first-order valence-electron chi connectivity index (χ1n) is 4.64. The molecule has 70 valence electrons. The molecule has 1 saturated heterocycles. The zero-order valence-electron chi connectivity index (χ0n) is 7.92. The Morgan fingerprint density at radius 2 is 2.33 bits per heavy atom. The minimum atomic E-state index is 0.280. The van der Waals surface area contributed by atoms with Crippen molar-refractivity contribution >= 4 is 17.2 Å². The summed E-state index contributed by atoms with van der Waals surface area (Å²) in [7, 11) is 0. The van der Waals surface area contributed by atoms with Gasteiger partial charge in [0.25, 0.3) is 0 Å². The first-order chi connectivity index (χ1) is 5.61. The van der Waals surface area contributed by atoms with Crippen molar-refractivity contribution in [3.05, 3.63) is 0 Å². The average Bonchev–Trinajstić information content (AvgIpc) is 2.03. The Balaban J connectivity index is 2.45. The van der Waals surface area contributed by atoms with Crippen molar-refractivity contribution in [1.82, 2.24) is 4.90 Å². The molecular weight excluding hydrogens is 168 g/mol. The predicted molar refractivity (Wildman–Crippen MR) is 56.2 cm³/mol. The topological polar surface area (TPSA) is 29.3 Å². The number of hydrogen-bond acceptors (Lipinski definition) is 2. The van der Waals surface area contributed by atoms with Gasteiger partial charge in [0.2, 0.25) is 0 Å². The fourth-order valence-corrected chi connectivity index (χ4v) is 1.91. The number of nitrogens with zero attached hydrogens (tertiary/aromatic N) is 1. The van der Waals surface area contributed by atoms with Crippen molar-refractivity contribution in [2.75, 3.05) is 13.1 Å². The molecule has 1 aliphatic heterocycles. The summed E-state index contributed by atoms with van der Waals surface area (Å²) in [6.07, 6.45) is 2.63. The lowest BCUT2D eigenvalue weighted by Crippen LogP contribution is -2.46. The van der Waals surface area contributed by atoms with Crippen LogP contribution in [0, 0.1) is 5.92 Å². The van der Waals surface area contributed by atoms with Crippen molar-refractivity contribution in [2.24, 2.45) is 11.7 Å². The minimum absolute atomic E-state index is 0.280. The molecule has 0 bridgehead atoms. The van der Waals surface area contributed by atoms with E-state index in [0.29, 0.717) is 4.99 Å². The van der Waals surface area contributed by atoms with Gasteiger partial charge < -0.3 is 5.73 Å². The molecule has 0 aromatic carbocycles. The highest BCUT2D eigenvalue weighted by atomic mass is 32.1. The Kier molecular flexibility index (Phi) is 3.47. The Morgan fingerprint density at radius 1 is 1.67 bits per heavy atom. The van der Waals surface area contributed by atoms with E-state index in [1.165, 1.54) is 12.8 Å². The van der Waals surface area contributed by atoms with Crippen molar-refractivity contribution < 1.29 is 0 Å². The molecule has 2 N–H and O–H groups in total. The summed E-state index contributed by atoms with van der Waals surface area (Å²) in [5.41, 5.74) is 5.60. The monoisotopic (exact) mass is 186 g/mol. The quantitative estimate of drug-likeness (QED) is 0.661. The summed E-state index contributed by atoms with van der Waals surface area (Å²) < 4.78 is 0. The first-order valence-corrected chi connectivity index (χ1v) is 5.05. The van der Waals surface area contributed by atoms with Crippen molar-refractivity contribution in [1.29, 1.82) is 0 Å². The number of likely N-dealkylation sites (tertiary alicyclic amines) is 1. The van der Waals surface area contributed by atoms with Gasteiger partial charge in [-0.3, -0.25) is 4.90 Å². The van der Waals surface area contributed by atoms with Crippen LogP contribution in [-0.2, 0) is 0 Å². The molecule has 1 fully saturated rings. The zero-order valence-corrected chi connectivity index (χ0v) is 8.73. The molecule has 0 amide bonds. The van der Waals surface area contributed by atoms with E-state index in [-0.39, 0.29) is 6.04 Å². The number of rotatable bonds is 2. The number of thiocarbonyl (C=S) groups is 1. The van der Waals surface area contributed by atoms with Crippen LogP contribution in [0.5, 0.6) is 0 Å². The van der Waals surface area contributed by atoms with Gasteiger partial charge in [-0.15, -0.1) is 0 Å². The summed E-state index contributed by atoms with van der Waals surface area (Å²) in [5.74, 6) is 0.801. The molecule has 0 spiro atoms. The van der Waals surface area contributed by atoms with Gasteiger partial charge in [-0.1, -0.05) is 19.1 Å². The van der Waals surface area contributed by atoms with E-state index in [2.05, 4.69) is 18.7 Å². The molecule has 1 rings (SSSR count). The fraction of sp³-hybridized carbons (Fsp3) is 0.889. The fourth-order valence-electron chi connectivity index (χ4n) is 1.76. The molecule has 0 saturated carbocycles. The summed E-state index contributed by atoms with van der Waals surface area (Å²) in [6.45, 7) is 6.69. The van der Waals surface area contributed by atoms with E-state index in [9.17, 15) is 0 Å². The molecule has 2 nitrogen and oxygen atoms in total. The van der Waals surface area contributed by atoms with Crippen LogP contribution in [0.4, 0.5) is 0 Å². The predicted octanol–water partition coefficient (Wildman–Crippen LogP) is 1.39. The third-order valence-corrected chi connectivity index (χ3v) is 2.99. The van der Waals surface area contributed by atoms with E-state index in [1.807, 2.05) is 0 Å². The van der Waals surface area contributed by atoms with Crippen LogP contribution in [-0.4, -0.2) is 29.0 Å². The second-order valence-electron chi connectivity index (χ2n) is 3.82. The van der Waals surface area contributed by atoms with Gasteiger partial charge in [0.15, 0.2) is 0 Å². The van der Waals surface area contributed by atoms with Gasteiger partial charge in [-0.05, 0) is 32.2 Å². The van der Waals surface area contributed by atoms with Gasteiger partial charge in [-0.25, -0.2) is 0 Å². The van der Waals surface area contributed by atoms with Gasteiger partial charge in [0, 0.05) is 6.54 Å². The third kappa shape index (κ3) is 2.42. The Morgan fingerprint density at radius 3 is 2.83 bits per heavy atom. The highest BCUT2D eigenvalue weighted by Crippen LogP contribution is 2.17. The molecule has 0 aromatic heterocycles. The molecule has 12 heavy (non-hydrogen) atoms. The van der Waals surface area contributed by atoms with Crippen LogP contribution >= 0.6 is 12.2 Å². The first kappa shape index (κ1) is 9.93. The number of nitrogens with two attached hydrogens (primary N) is 1. The van der Waals surface area contributed by atoms with Crippen LogP contribution in [0.2, 0.25) is 0 Å². The van der Waals surface area contributed by atoms with Crippen LogP contribution in [0.3, 0.4) is 0 Å². The maximum atomic E-state index is 5.60. The van der Waals surface area contributed by atoms with Crippen LogP contribution < -0.4 is 5.73 Å². The summed E-state index contributed by atoms with van der Waals surface area (Å²) in [5, 5.41) is 0. The second-order valence-corrected chi connectivity index (χ2v) is 4.29. The van der Waals surface area contributed by atoms with Crippen molar-refractivity contribution in [2.45, 2.75) is 32.7 Å². The van der Waals surface area contributed by atoms with Gasteiger partial charge in [0.05, 0.1) is 11.0 Å². The minimum Gasteiger partial charge on any atom is -0.392 e. The average molecular weight is 186 g/mol. The van der Waals surface area contributed by atoms with Gasteiger partial charge in [0.1, 0.15) is 0 Å².